The number of nitrogens with one attached hydrogen (secondary N) is 2. The van der Waals surface area contributed by atoms with Gasteiger partial charge in [0.05, 0.1) is 31.5 Å². The van der Waals surface area contributed by atoms with Crippen LogP contribution in [-0.2, 0) is 4.79 Å². The van der Waals surface area contributed by atoms with E-state index in [0.717, 1.165) is 6.42 Å². The fraction of sp³-hybridized carbons (Fsp3) is 0.304. The van der Waals surface area contributed by atoms with Gasteiger partial charge in [-0.3, -0.25) is 19.7 Å². The Bertz CT molecular complexity index is 1100. The van der Waals surface area contributed by atoms with Crippen LogP contribution in [0.25, 0.3) is 11.4 Å². The van der Waals surface area contributed by atoms with Crippen molar-refractivity contribution in [2.75, 3.05) is 32.6 Å². The van der Waals surface area contributed by atoms with Crippen molar-refractivity contribution >= 4 is 17.5 Å². The molecule has 1 aromatic carbocycles. The molecule has 32 heavy (non-hydrogen) atoms. The van der Waals surface area contributed by atoms with Gasteiger partial charge in [-0.1, -0.05) is 6.07 Å². The molecule has 9 heteroatoms. The average Bonchev–Trinajstić information content (AvgIpc) is 3.34. The van der Waals surface area contributed by atoms with Gasteiger partial charge in [-0.15, -0.1) is 0 Å². The number of ether oxygens (including phenoxy) is 2. The second-order valence-electron chi connectivity index (χ2n) is 7.53. The maximum Gasteiger partial charge on any atom is 0.271 e. The van der Waals surface area contributed by atoms with Crippen molar-refractivity contribution < 1.29 is 19.1 Å². The molecule has 2 N–H and O–H groups in total. The Labute approximate surface area is 185 Å². The Hall–Kier alpha value is -3.88. The van der Waals surface area contributed by atoms with Gasteiger partial charge in [0, 0.05) is 25.4 Å². The van der Waals surface area contributed by atoms with Crippen LogP contribution in [0.4, 0.5) is 5.69 Å². The van der Waals surface area contributed by atoms with E-state index in [4.69, 9.17) is 9.47 Å². The summed E-state index contributed by atoms with van der Waals surface area (Å²) in [5.74, 6) is 0.484. The summed E-state index contributed by atoms with van der Waals surface area (Å²) in [5.41, 5.74) is 2.20. The first-order valence-corrected chi connectivity index (χ1v) is 10.4. The maximum atomic E-state index is 13.0. The first-order valence-electron chi connectivity index (χ1n) is 10.4. The van der Waals surface area contributed by atoms with Crippen LogP contribution >= 0.6 is 0 Å². The highest BCUT2D eigenvalue weighted by atomic mass is 16.5. The Balaban J connectivity index is 1.44. The third-order valence-corrected chi connectivity index (χ3v) is 5.48. The lowest BCUT2D eigenvalue weighted by molar-refractivity contribution is -0.121. The molecule has 3 aromatic rings. The van der Waals surface area contributed by atoms with Crippen LogP contribution in [-0.4, -0.2) is 59.2 Å². The number of benzene rings is 1. The first kappa shape index (κ1) is 21.4. The molecule has 0 radical (unpaired) electrons. The summed E-state index contributed by atoms with van der Waals surface area (Å²) in [5, 5.41) is 9.93. The number of methoxy groups -OCH3 is 2. The van der Waals surface area contributed by atoms with Gasteiger partial charge in [-0.25, -0.2) is 0 Å². The summed E-state index contributed by atoms with van der Waals surface area (Å²) in [6.07, 6.45) is 3.11. The van der Waals surface area contributed by atoms with E-state index in [-0.39, 0.29) is 17.7 Å². The van der Waals surface area contributed by atoms with E-state index in [2.05, 4.69) is 20.5 Å². The molecule has 0 bridgehead atoms. The fourth-order valence-electron chi connectivity index (χ4n) is 3.77. The predicted octanol–water partition coefficient (Wildman–Crippen LogP) is 2.98. The molecule has 2 amide bonds. The Morgan fingerprint density at radius 2 is 2.00 bits per heavy atom. The lowest BCUT2D eigenvalue weighted by Gasteiger charge is -2.31. The lowest BCUT2D eigenvalue weighted by atomic mass is 9.96. The minimum Gasteiger partial charge on any atom is -0.497 e. The summed E-state index contributed by atoms with van der Waals surface area (Å²) in [7, 11) is 3.11. The summed E-state index contributed by atoms with van der Waals surface area (Å²) in [4.78, 5) is 31.9. The van der Waals surface area contributed by atoms with E-state index in [9.17, 15) is 9.59 Å². The van der Waals surface area contributed by atoms with Gasteiger partial charge in [0.15, 0.2) is 0 Å². The molecular formula is C23H25N5O4. The van der Waals surface area contributed by atoms with Crippen LogP contribution in [0.2, 0.25) is 0 Å². The molecule has 0 saturated carbocycles. The molecule has 0 unspecified atom stereocenters. The second-order valence-corrected chi connectivity index (χ2v) is 7.53. The number of amides is 2. The van der Waals surface area contributed by atoms with Crippen molar-refractivity contribution in [3.63, 3.8) is 0 Å². The van der Waals surface area contributed by atoms with Crippen molar-refractivity contribution in [2.45, 2.75) is 12.8 Å². The number of H-pyrrole nitrogens is 1. The maximum absolute atomic E-state index is 13.0. The van der Waals surface area contributed by atoms with Crippen LogP contribution in [0.3, 0.4) is 0 Å². The molecule has 2 aromatic heterocycles. The minimum atomic E-state index is -0.332. The average molecular weight is 435 g/mol. The topological polar surface area (TPSA) is 109 Å². The van der Waals surface area contributed by atoms with Crippen molar-refractivity contribution in [1.82, 2.24) is 20.1 Å². The summed E-state index contributed by atoms with van der Waals surface area (Å²) in [6.45, 7) is 0.915. The largest absolute Gasteiger partial charge is 0.497 e. The van der Waals surface area contributed by atoms with E-state index >= 15 is 0 Å². The smallest absolute Gasteiger partial charge is 0.271 e. The number of pyridine rings is 1. The normalized spacial score (nSPS) is 15.8. The van der Waals surface area contributed by atoms with Crippen LogP contribution in [0, 0.1) is 5.92 Å². The minimum absolute atomic E-state index is 0.159. The molecule has 4 rings (SSSR count). The number of carbonyl (C=O) groups is 2. The number of hydrogen-bond acceptors (Lipinski definition) is 6. The molecule has 166 valence electrons. The van der Waals surface area contributed by atoms with Gasteiger partial charge >= 0.3 is 0 Å². The molecular weight excluding hydrogens is 410 g/mol. The van der Waals surface area contributed by atoms with E-state index in [1.807, 2.05) is 18.2 Å². The monoisotopic (exact) mass is 435 g/mol. The van der Waals surface area contributed by atoms with Crippen LogP contribution in [0.15, 0.2) is 48.7 Å². The number of piperidine rings is 1. The van der Waals surface area contributed by atoms with Crippen molar-refractivity contribution in [3.05, 3.63) is 54.4 Å². The second kappa shape index (κ2) is 9.51. The number of likely N-dealkylation sites (tertiary alicyclic amines) is 1. The number of aromatic amines is 1. The van der Waals surface area contributed by atoms with Gasteiger partial charge in [0.1, 0.15) is 22.9 Å². The number of anilines is 1. The van der Waals surface area contributed by atoms with E-state index in [1.165, 1.54) is 0 Å². The quantitative estimate of drug-likeness (QED) is 0.616. The fourth-order valence-corrected chi connectivity index (χ4v) is 3.77. The van der Waals surface area contributed by atoms with Crippen LogP contribution < -0.4 is 14.8 Å². The number of rotatable bonds is 6. The Morgan fingerprint density at radius 3 is 2.75 bits per heavy atom. The van der Waals surface area contributed by atoms with Gasteiger partial charge in [0.25, 0.3) is 5.91 Å². The highest BCUT2D eigenvalue weighted by molar-refractivity contribution is 5.96. The van der Waals surface area contributed by atoms with Gasteiger partial charge in [-0.2, -0.15) is 5.10 Å². The highest BCUT2D eigenvalue weighted by Crippen LogP contribution is 2.30. The van der Waals surface area contributed by atoms with Gasteiger partial charge in [-0.05, 0) is 43.2 Å². The number of hydrogen-bond donors (Lipinski definition) is 2. The molecule has 0 aliphatic carbocycles. The van der Waals surface area contributed by atoms with Crippen molar-refractivity contribution in [1.29, 1.82) is 0 Å². The van der Waals surface area contributed by atoms with Crippen molar-refractivity contribution in [3.8, 4) is 22.9 Å². The number of carbonyl (C=O) groups excluding carboxylic acids is 2. The summed E-state index contributed by atoms with van der Waals surface area (Å²) < 4.78 is 10.6. The third-order valence-electron chi connectivity index (χ3n) is 5.48. The van der Waals surface area contributed by atoms with E-state index in [0.29, 0.717) is 53.8 Å². The first-order chi connectivity index (χ1) is 15.6. The molecule has 1 atom stereocenters. The zero-order chi connectivity index (χ0) is 22.5. The Kier molecular flexibility index (Phi) is 6.34. The summed E-state index contributed by atoms with van der Waals surface area (Å²) in [6, 6.07) is 12.4. The number of aromatic nitrogens is 3. The van der Waals surface area contributed by atoms with Gasteiger partial charge in [0.2, 0.25) is 5.91 Å². The number of nitrogens with zero attached hydrogens (tertiary/aromatic N) is 3. The van der Waals surface area contributed by atoms with Gasteiger partial charge < -0.3 is 19.7 Å². The molecule has 9 nitrogen and oxygen atoms in total. The van der Waals surface area contributed by atoms with E-state index in [1.54, 1.807) is 49.6 Å². The molecule has 1 fully saturated rings. The van der Waals surface area contributed by atoms with Crippen molar-refractivity contribution in [2.24, 2.45) is 5.92 Å². The molecule has 1 aliphatic heterocycles. The van der Waals surface area contributed by atoms with E-state index < -0.39 is 0 Å². The predicted molar refractivity (Wildman–Crippen MR) is 119 cm³/mol. The van der Waals surface area contributed by atoms with Crippen LogP contribution in [0.1, 0.15) is 23.3 Å². The molecule has 1 aliphatic rings. The molecule has 1 saturated heterocycles. The standard InChI is InChI=1S/C23H25N5O4/c1-31-16-8-9-21(32-2)19(12-16)25-22(29)15-6-5-11-28(14-15)23(30)20-13-18(26-27-20)17-7-3-4-10-24-17/h3-4,7-10,12-13,15H,5-6,11,14H2,1-2H3,(H,25,29)(H,26,27)/t15-/m0/s1. The third kappa shape index (κ3) is 4.56. The molecule has 3 heterocycles. The summed E-state index contributed by atoms with van der Waals surface area (Å²) >= 11 is 0. The lowest BCUT2D eigenvalue weighted by Crippen LogP contribution is -2.43. The SMILES string of the molecule is COc1ccc(OC)c(NC(=O)[C@H]2CCCN(C(=O)c3cc(-c4ccccn4)n[nH]3)C2)c1. The zero-order valence-corrected chi connectivity index (χ0v) is 18.0. The zero-order valence-electron chi connectivity index (χ0n) is 18.0. The van der Waals surface area contributed by atoms with Crippen LogP contribution in [0.5, 0.6) is 11.5 Å². The molecule has 0 spiro atoms. The Morgan fingerprint density at radius 1 is 1.12 bits per heavy atom. The highest BCUT2D eigenvalue weighted by Gasteiger charge is 2.30.